The quantitative estimate of drug-likeness (QED) is 0.224. The maximum Gasteiger partial charge on any atom is 0.250 e. The van der Waals surface area contributed by atoms with Gasteiger partial charge in [0.25, 0.3) is 0 Å². The summed E-state index contributed by atoms with van der Waals surface area (Å²) in [6.07, 6.45) is 7.92. The number of rotatable bonds is 12. The third-order valence-electron chi connectivity index (χ3n) is 5.29. The Morgan fingerprint density at radius 1 is 1.11 bits per heavy atom. The topological polar surface area (TPSA) is 88.6 Å². The number of amides is 1. The molecular formula is C27H30FN3O4S2. The van der Waals surface area contributed by atoms with E-state index in [1.165, 1.54) is 41.0 Å². The number of hydrogen-bond donors (Lipinski definition) is 1. The van der Waals surface area contributed by atoms with Crippen LogP contribution in [0.2, 0.25) is 0 Å². The Balaban J connectivity index is 1.57. The summed E-state index contributed by atoms with van der Waals surface area (Å²) in [6.45, 7) is 4.90. The molecule has 2 aromatic carbocycles. The van der Waals surface area contributed by atoms with Gasteiger partial charge in [-0.2, -0.15) is 4.31 Å². The first-order chi connectivity index (χ1) is 17.8. The number of halogens is 1. The van der Waals surface area contributed by atoms with Gasteiger partial charge in [0.05, 0.1) is 17.7 Å². The van der Waals surface area contributed by atoms with Gasteiger partial charge in [0.15, 0.2) is 16.7 Å². The van der Waals surface area contributed by atoms with Crippen LogP contribution < -0.4 is 10.1 Å². The zero-order chi connectivity index (χ0) is 26.8. The standard InChI is InChI=1S/C27H30FN3O4S2/c1-4-16-31(17-5-2)37(33,34)22-13-10-20(11-14-22)8-6-7-9-26(32)30-27-29-24(19-36-27)21-12-15-25(35-3)23(28)18-21/h6-15,18-19H,4-5,16-17H2,1-3H3,(H,29,30,32)/b8-6+,9-7+. The Bertz CT molecular complexity index is 1360. The predicted octanol–water partition coefficient (Wildman–Crippen LogP) is 5.98. The Morgan fingerprint density at radius 3 is 2.43 bits per heavy atom. The minimum absolute atomic E-state index is 0.150. The zero-order valence-corrected chi connectivity index (χ0v) is 22.6. The number of hydrogen-bond acceptors (Lipinski definition) is 6. The molecule has 0 aliphatic carbocycles. The van der Waals surface area contributed by atoms with Crippen LogP contribution in [0.3, 0.4) is 0 Å². The Morgan fingerprint density at radius 2 is 1.81 bits per heavy atom. The van der Waals surface area contributed by atoms with Gasteiger partial charge >= 0.3 is 0 Å². The van der Waals surface area contributed by atoms with Crippen molar-refractivity contribution in [2.75, 3.05) is 25.5 Å². The fourth-order valence-corrected chi connectivity index (χ4v) is 5.84. The molecule has 3 aromatic rings. The number of anilines is 1. The van der Waals surface area contributed by atoms with Crippen molar-refractivity contribution >= 4 is 38.5 Å². The number of methoxy groups -OCH3 is 1. The molecule has 10 heteroatoms. The van der Waals surface area contributed by atoms with E-state index in [1.807, 2.05) is 13.8 Å². The van der Waals surface area contributed by atoms with E-state index < -0.39 is 15.8 Å². The summed E-state index contributed by atoms with van der Waals surface area (Å²) in [5, 5.41) is 4.80. The second kappa shape index (κ2) is 13.3. The van der Waals surface area contributed by atoms with Crippen molar-refractivity contribution in [3.8, 4) is 17.0 Å². The van der Waals surface area contributed by atoms with E-state index in [9.17, 15) is 17.6 Å². The molecule has 0 saturated heterocycles. The van der Waals surface area contributed by atoms with Crippen molar-refractivity contribution in [2.45, 2.75) is 31.6 Å². The van der Waals surface area contributed by atoms with E-state index in [2.05, 4.69) is 10.3 Å². The molecule has 0 fully saturated rings. The molecule has 0 atom stereocenters. The number of nitrogens with zero attached hydrogens (tertiary/aromatic N) is 2. The number of sulfonamides is 1. The van der Waals surface area contributed by atoms with E-state index in [-0.39, 0.29) is 16.6 Å². The lowest BCUT2D eigenvalue weighted by molar-refractivity contribution is -0.111. The zero-order valence-electron chi connectivity index (χ0n) is 21.0. The number of thiazole rings is 1. The average molecular weight is 544 g/mol. The second-order valence-electron chi connectivity index (χ2n) is 8.07. The maximum absolute atomic E-state index is 13.9. The highest BCUT2D eigenvalue weighted by Gasteiger charge is 2.22. The van der Waals surface area contributed by atoms with E-state index in [0.717, 1.165) is 18.4 Å². The number of ether oxygens (including phenoxy) is 1. The van der Waals surface area contributed by atoms with E-state index in [4.69, 9.17) is 4.74 Å². The van der Waals surface area contributed by atoms with Gasteiger partial charge in [0, 0.05) is 30.1 Å². The summed E-state index contributed by atoms with van der Waals surface area (Å²) in [4.78, 5) is 16.8. The molecule has 0 spiro atoms. The highest BCUT2D eigenvalue weighted by Crippen LogP contribution is 2.28. The van der Waals surface area contributed by atoms with E-state index in [0.29, 0.717) is 29.5 Å². The normalized spacial score (nSPS) is 12.0. The van der Waals surface area contributed by atoms with Crippen molar-refractivity contribution in [1.29, 1.82) is 0 Å². The van der Waals surface area contributed by atoms with Crippen LogP contribution in [-0.4, -0.2) is 43.8 Å². The number of carbonyl (C=O) groups is 1. The van der Waals surface area contributed by atoms with Gasteiger partial charge in [-0.15, -0.1) is 11.3 Å². The first kappa shape index (κ1) is 28.2. The van der Waals surface area contributed by atoms with Crippen molar-refractivity contribution in [1.82, 2.24) is 9.29 Å². The minimum Gasteiger partial charge on any atom is -0.494 e. The molecule has 1 N–H and O–H groups in total. The van der Waals surface area contributed by atoms with Gasteiger partial charge in [0.1, 0.15) is 0 Å². The van der Waals surface area contributed by atoms with Crippen LogP contribution in [0.15, 0.2) is 71.0 Å². The molecule has 0 aliphatic rings. The van der Waals surface area contributed by atoms with Gasteiger partial charge < -0.3 is 4.74 Å². The van der Waals surface area contributed by atoms with Crippen molar-refractivity contribution in [2.24, 2.45) is 0 Å². The highest BCUT2D eigenvalue weighted by atomic mass is 32.2. The summed E-state index contributed by atoms with van der Waals surface area (Å²) in [5.41, 5.74) is 1.93. The lowest BCUT2D eigenvalue weighted by Gasteiger charge is -2.21. The maximum atomic E-state index is 13.9. The molecule has 1 aromatic heterocycles. The van der Waals surface area contributed by atoms with Crippen molar-refractivity contribution in [3.63, 3.8) is 0 Å². The molecular weight excluding hydrogens is 513 g/mol. The van der Waals surface area contributed by atoms with Crippen LogP contribution in [-0.2, 0) is 14.8 Å². The molecule has 7 nitrogen and oxygen atoms in total. The van der Waals surface area contributed by atoms with Crippen LogP contribution in [0.5, 0.6) is 5.75 Å². The number of allylic oxidation sites excluding steroid dienone is 2. The second-order valence-corrected chi connectivity index (χ2v) is 10.9. The molecule has 37 heavy (non-hydrogen) atoms. The molecule has 0 bridgehead atoms. The monoisotopic (exact) mass is 543 g/mol. The van der Waals surface area contributed by atoms with Gasteiger partial charge in [-0.25, -0.2) is 17.8 Å². The Labute approximate surface area is 221 Å². The number of aromatic nitrogens is 1. The van der Waals surface area contributed by atoms with Gasteiger partial charge in [-0.05, 0) is 48.7 Å². The van der Waals surface area contributed by atoms with Crippen molar-refractivity contribution in [3.05, 3.63) is 77.5 Å². The first-order valence-corrected chi connectivity index (χ1v) is 14.2. The van der Waals surface area contributed by atoms with Crippen LogP contribution >= 0.6 is 11.3 Å². The number of benzene rings is 2. The molecule has 196 valence electrons. The van der Waals surface area contributed by atoms with E-state index in [1.54, 1.807) is 53.9 Å². The third kappa shape index (κ3) is 7.58. The van der Waals surface area contributed by atoms with Crippen LogP contribution in [0, 0.1) is 5.82 Å². The summed E-state index contributed by atoms with van der Waals surface area (Å²) in [7, 11) is -2.12. The molecule has 0 saturated carbocycles. The fourth-order valence-electron chi connectivity index (χ4n) is 3.50. The molecule has 1 amide bonds. The lowest BCUT2D eigenvalue weighted by atomic mass is 10.1. The van der Waals surface area contributed by atoms with Gasteiger partial charge in [0.2, 0.25) is 15.9 Å². The fraction of sp³-hybridized carbons (Fsp3) is 0.259. The minimum atomic E-state index is -3.52. The van der Waals surface area contributed by atoms with E-state index >= 15 is 0 Å². The summed E-state index contributed by atoms with van der Waals surface area (Å²) < 4.78 is 46.1. The smallest absolute Gasteiger partial charge is 0.250 e. The molecule has 0 aliphatic heterocycles. The Kier molecular flexibility index (Phi) is 10.1. The summed E-state index contributed by atoms with van der Waals surface area (Å²) >= 11 is 1.23. The number of nitrogens with one attached hydrogen (secondary N) is 1. The number of carbonyl (C=O) groups excluding carboxylic acids is 1. The molecule has 3 rings (SSSR count). The predicted molar refractivity (Wildman–Crippen MR) is 147 cm³/mol. The molecule has 0 radical (unpaired) electrons. The Hall–Kier alpha value is -3.34. The summed E-state index contributed by atoms with van der Waals surface area (Å²) in [5.74, 6) is -0.698. The SMILES string of the molecule is CCCN(CCC)S(=O)(=O)c1ccc(/C=C/C=C/C(=O)Nc2nc(-c3ccc(OC)c(F)c3)cs2)cc1. The highest BCUT2D eigenvalue weighted by molar-refractivity contribution is 7.89. The van der Waals surface area contributed by atoms with Crippen LogP contribution in [0.25, 0.3) is 17.3 Å². The van der Waals surface area contributed by atoms with Crippen molar-refractivity contribution < 1.29 is 22.3 Å². The van der Waals surface area contributed by atoms with Crippen LogP contribution in [0.4, 0.5) is 9.52 Å². The van der Waals surface area contributed by atoms with Crippen LogP contribution in [0.1, 0.15) is 32.3 Å². The van der Waals surface area contributed by atoms with Gasteiger partial charge in [-0.3, -0.25) is 10.1 Å². The first-order valence-electron chi connectivity index (χ1n) is 11.8. The average Bonchev–Trinajstić information content (AvgIpc) is 3.35. The molecule has 0 unspecified atom stereocenters. The largest absolute Gasteiger partial charge is 0.494 e. The summed E-state index contributed by atoms with van der Waals surface area (Å²) in [6, 6.07) is 11.2. The molecule has 1 heterocycles. The third-order valence-corrected chi connectivity index (χ3v) is 7.96. The lowest BCUT2D eigenvalue weighted by Crippen LogP contribution is -2.32. The van der Waals surface area contributed by atoms with Gasteiger partial charge in [-0.1, -0.05) is 44.2 Å².